The predicted molar refractivity (Wildman–Crippen MR) is 62.6 cm³/mol. The number of aromatic nitrogens is 4. The first-order valence-corrected chi connectivity index (χ1v) is 5.14. The van der Waals surface area contributed by atoms with E-state index >= 15 is 0 Å². The van der Waals surface area contributed by atoms with E-state index in [1.54, 1.807) is 17.8 Å². The van der Waals surface area contributed by atoms with Crippen molar-refractivity contribution in [1.29, 1.82) is 0 Å². The maximum Gasteiger partial charge on any atom is 0.275 e. The molecule has 0 unspecified atom stereocenters. The Morgan fingerprint density at radius 2 is 2.22 bits per heavy atom. The summed E-state index contributed by atoms with van der Waals surface area (Å²) >= 11 is 0. The number of amides is 2. The molecule has 8 nitrogen and oxygen atoms in total. The Labute approximate surface area is 102 Å². The van der Waals surface area contributed by atoms with Crippen molar-refractivity contribution in [2.45, 2.75) is 6.54 Å². The maximum atomic E-state index is 11.7. The van der Waals surface area contributed by atoms with E-state index in [0.717, 1.165) is 0 Å². The summed E-state index contributed by atoms with van der Waals surface area (Å²) in [4.78, 5) is 26.3. The molecule has 2 heterocycles. The van der Waals surface area contributed by atoms with E-state index in [0.29, 0.717) is 11.4 Å². The summed E-state index contributed by atoms with van der Waals surface area (Å²) in [5, 5.41) is 6.50. The number of carbonyl (C=O) groups excluding carboxylic acids is 2. The molecule has 0 saturated carbocycles. The van der Waals surface area contributed by atoms with Gasteiger partial charge in [0.05, 0.1) is 18.2 Å². The van der Waals surface area contributed by atoms with Crippen molar-refractivity contribution in [3.8, 4) is 0 Å². The number of imidazole rings is 1. The number of aryl methyl sites for hydroxylation is 1. The first kappa shape index (κ1) is 11.8. The number of anilines is 1. The van der Waals surface area contributed by atoms with E-state index in [1.165, 1.54) is 23.4 Å². The molecule has 0 fully saturated rings. The Balaban J connectivity index is 2.03. The lowest BCUT2D eigenvalue weighted by Gasteiger charge is -1.98. The SMILES string of the molecule is Cn1cnc(C(=O)Nc2cnn(CC(N)=O)c2)c1. The van der Waals surface area contributed by atoms with Gasteiger partial charge >= 0.3 is 0 Å². The molecule has 0 atom stereocenters. The second-order valence-corrected chi connectivity index (χ2v) is 3.77. The Bertz CT molecular complexity index is 585. The van der Waals surface area contributed by atoms with Crippen molar-refractivity contribution in [3.05, 3.63) is 30.6 Å². The summed E-state index contributed by atoms with van der Waals surface area (Å²) in [7, 11) is 1.77. The van der Waals surface area contributed by atoms with Crippen LogP contribution in [0.25, 0.3) is 0 Å². The summed E-state index contributed by atoms with van der Waals surface area (Å²) in [6.07, 6.45) is 6.09. The second-order valence-electron chi connectivity index (χ2n) is 3.77. The van der Waals surface area contributed by atoms with Crippen LogP contribution in [0.4, 0.5) is 5.69 Å². The quantitative estimate of drug-likeness (QED) is 0.749. The van der Waals surface area contributed by atoms with Crippen LogP contribution in [-0.2, 0) is 18.4 Å². The third kappa shape index (κ3) is 2.73. The van der Waals surface area contributed by atoms with Crippen LogP contribution in [-0.4, -0.2) is 31.1 Å². The van der Waals surface area contributed by atoms with Gasteiger partial charge in [0.15, 0.2) is 0 Å². The lowest BCUT2D eigenvalue weighted by atomic mass is 10.4. The lowest BCUT2D eigenvalue weighted by molar-refractivity contribution is -0.118. The number of hydrogen-bond donors (Lipinski definition) is 2. The van der Waals surface area contributed by atoms with Crippen LogP contribution >= 0.6 is 0 Å². The Morgan fingerprint density at radius 3 is 2.83 bits per heavy atom. The maximum absolute atomic E-state index is 11.7. The molecule has 0 aromatic carbocycles. The van der Waals surface area contributed by atoms with Crippen molar-refractivity contribution >= 4 is 17.5 Å². The van der Waals surface area contributed by atoms with Gasteiger partial charge in [0.2, 0.25) is 5.91 Å². The van der Waals surface area contributed by atoms with Crippen molar-refractivity contribution in [2.24, 2.45) is 12.8 Å². The van der Waals surface area contributed by atoms with Crippen LogP contribution in [0.2, 0.25) is 0 Å². The molecule has 8 heteroatoms. The lowest BCUT2D eigenvalue weighted by Crippen LogP contribution is -2.18. The van der Waals surface area contributed by atoms with Gasteiger partial charge in [-0.1, -0.05) is 0 Å². The van der Waals surface area contributed by atoms with Crippen LogP contribution in [0.5, 0.6) is 0 Å². The number of nitrogens with zero attached hydrogens (tertiary/aromatic N) is 4. The van der Waals surface area contributed by atoms with E-state index in [1.807, 2.05) is 0 Å². The van der Waals surface area contributed by atoms with Gasteiger partial charge in [-0.25, -0.2) is 4.98 Å². The third-order valence-corrected chi connectivity index (χ3v) is 2.15. The summed E-state index contributed by atoms with van der Waals surface area (Å²) in [6.45, 7) is -0.0283. The van der Waals surface area contributed by atoms with E-state index in [2.05, 4.69) is 15.4 Å². The van der Waals surface area contributed by atoms with Crippen molar-refractivity contribution in [3.63, 3.8) is 0 Å². The molecule has 0 spiro atoms. The van der Waals surface area contributed by atoms with E-state index < -0.39 is 5.91 Å². The molecule has 2 rings (SSSR count). The summed E-state index contributed by atoms with van der Waals surface area (Å²) in [5.41, 5.74) is 5.81. The van der Waals surface area contributed by atoms with Gasteiger partial charge in [-0.05, 0) is 0 Å². The second kappa shape index (κ2) is 4.70. The average molecular weight is 248 g/mol. The first-order chi connectivity index (χ1) is 8.54. The fourth-order valence-electron chi connectivity index (χ4n) is 1.40. The zero-order chi connectivity index (χ0) is 13.1. The highest BCUT2D eigenvalue weighted by atomic mass is 16.2. The zero-order valence-corrected chi connectivity index (χ0v) is 9.70. The molecule has 2 aromatic heterocycles. The van der Waals surface area contributed by atoms with Crippen LogP contribution in [0.1, 0.15) is 10.5 Å². The molecule has 3 N–H and O–H groups in total. The van der Waals surface area contributed by atoms with E-state index in [9.17, 15) is 9.59 Å². The van der Waals surface area contributed by atoms with E-state index in [4.69, 9.17) is 5.73 Å². The van der Waals surface area contributed by atoms with Crippen molar-refractivity contribution < 1.29 is 9.59 Å². The molecule has 0 aliphatic rings. The fraction of sp³-hybridized carbons (Fsp3) is 0.200. The molecular formula is C10H12N6O2. The van der Waals surface area contributed by atoms with Gasteiger partial charge in [-0.3, -0.25) is 14.3 Å². The highest BCUT2D eigenvalue weighted by molar-refractivity contribution is 6.02. The number of hydrogen-bond acceptors (Lipinski definition) is 4. The van der Waals surface area contributed by atoms with Gasteiger partial charge in [-0.15, -0.1) is 0 Å². The Morgan fingerprint density at radius 1 is 1.44 bits per heavy atom. The van der Waals surface area contributed by atoms with Gasteiger partial charge in [0, 0.05) is 19.4 Å². The van der Waals surface area contributed by atoms with Crippen molar-refractivity contribution in [2.75, 3.05) is 5.32 Å². The molecule has 2 amide bonds. The van der Waals surface area contributed by atoms with Crippen LogP contribution in [0, 0.1) is 0 Å². The minimum Gasteiger partial charge on any atom is -0.368 e. The normalized spacial score (nSPS) is 10.3. The number of primary amides is 1. The van der Waals surface area contributed by atoms with Crippen LogP contribution in [0.15, 0.2) is 24.9 Å². The third-order valence-electron chi connectivity index (χ3n) is 2.15. The molecule has 94 valence electrons. The minimum atomic E-state index is -0.499. The number of rotatable bonds is 4. The minimum absolute atomic E-state index is 0.0283. The van der Waals surface area contributed by atoms with Crippen LogP contribution in [0.3, 0.4) is 0 Å². The van der Waals surface area contributed by atoms with Crippen LogP contribution < -0.4 is 11.1 Å². The van der Waals surface area contributed by atoms with Gasteiger partial charge in [0.1, 0.15) is 12.2 Å². The molecule has 0 radical (unpaired) electrons. The number of carbonyl (C=O) groups is 2. The molecular weight excluding hydrogens is 236 g/mol. The molecule has 2 aromatic rings. The number of nitrogens with two attached hydrogens (primary N) is 1. The highest BCUT2D eigenvalue weighted by Gasteiger charge is 2.10. The monoisotopic (exact) mass is 248 g/mol. The topological polar surface area (TPSA) is 108 Å². The largest absolute Gasteiger partial charge is 0.368 e. The average Bonchev–Trinajstić information content (AvgIpc) is 2.87. The van der Waals surface area contributed by atoms with Crippen molar-refractivity contribution in [1.82, 2.24) is 19.3 Å². The first-order valence-electron chi connectivity index (χ1n) is 5.14. The smallest absolute Gasteiger partial charge is 0.275 e. The summed E-state index contributed by atoms with van der Waals surface area (Å²) < 4.78 is 3.02. The highest BCUT2D eigenvalue weighted by Crippen LogP contribution is 2.06. The summed E-state index contributed by atoms with van der Waals surface area (Å²) in [5.74, 6) is -0.838. The molecule has 0 aliphatic carbocycles. The van der Waals surface area contributed by atoms with E-state index in [-0.39, 0.29) is 12.5 Å². The Kier molecular flexibility index (Phi) is 3.09. The fourth-order valence-corrected chi connectivity index (χ4v) is 1.40. The van der Waals surface area contributed by atoms with Gasteiger partial charge in [-0.2, -0.15) is 5.10 Å². The zero-order valence-electron chi connectivity index (χ0n) is 9.70. The summed E-state index contributed by atoms with van der Waals surface area (Å²) in [6, 6.07) is 0. The standard InChI is InChI=1S/C10H12N6O2/c1-15-4-8(12-6-15)10(18)14-7-2-13-16(3-7)5-9(11)17/h2-4,6H,5H2,1H3,(H2,11,17)(H,14,18). The molecule has 0 aliphatic heterocycles. The molecule has 0 saturated heterocycles. The Hall–Kier alpha value is -2.64. The predicted octanol–water partition coefficient (Wildman–Crippen LogP) is -0.646. The number of nitrogens with one attached hydrogen (secondary N) is 1. The van der Waals surface area contributed by atoms with Gasteiger partial charge in [0.25, 0.3) is 5.91 Å². The molecule has 0 bridgehead atoms. The molecule has 18 heavy (non-hydrogen) atoms. The van der Waals surface area contributed by atoms with Gasteiger partial charge < -0.3 is 15.6 Å².